The third-order valence-electron chi connectivity index (χ3n) is 5.30. The molecule has 0 aliphatic heterocycles. The van der Waals surface area contributed by atoms with Crippen molar-refractivity contribution in [2.75, 3.05) is 5.73 Å². The Morgan fingerprint density at radius 1 is 0.921 bits per heavy atom. The highest BCUT2D eigenvalue weighted by atomic mass is 16.6. The molecular formula is C26H22N8O4. The van der Waals surface area contributed by atoms with Crippen molar-refractivity contribution in [3.8, 4) is 17.3 Å². The molecule has 0 aliphatic rings. The van der Waals surface area contributed by atoms with Gasteiger partial charge in [0.15, 0.2) is 5.69 Å². The number of carbonyl (C=O) groups is 1. The van der Waals surface area contributed by atoms with E-state index < -0.39 is 5.91 Å². The molecule has 190 valence electrons. The second-order valence-corrected chi connectivity index (χ2v) is 7.91. The number of benzene rings is 3. The first-order valence-corrected chi connectivity index (χ1v) is 11.5. The Labute approximate surface area is 216 Å². The lowest BCUT2D eigenvalue weighted by Gasteiger charge is -2.08. The van der Waals surface area contributed by atoms with Gasteiger partial charge in [-0.1, -0.05) is 53.7 Å². The van der Waals surface area contributed by atoms with Gasteiger partial charge in [-0.05, 0) is 57.8 Å². The SMILES string of the molecule is Nc1nonc1-n1nnc(C(=O)N/N=C\c2ccc(OCc3ccccc3)cc2)c1COc1ccccc1. The first-order valence-electron chi connectivity index (χ1n) is 11.5. The number of aromatic nitrogens is 5. The molecule has 12 nitrogen and oxygen atoms in total. The molecule has 0 spiro atoms. The van der Waals surface area contributed by atoms with Crippen molar-refractivity contribution in [1.82, 2.24) is 30.7 Å². The zero-order valence-corrected chi connectivity index (χ0v) is 20.0. The summed E-state index contributed by atoms with van der Waals surface area (Å²) >= 11 is 0. The monoisotopic (exact) mass is 510 g/mol. The second-order valence-electron chi connectivity index (χ2n) is 7.91. The molecule has 0 unspecified atom stereocenters. The topological polar surface area (TPSA) is 156 Å². The van der Waals surface area contributed by atoms with Crippen LogP contribution < -0.4 is 20.6 Å². The first-order chi connectivity index (χ1) is 18.7. The number of hydrogen-bond donors (Lipinski definition) is 2. The number of hydrogen-bond acceptors (Lipinski definition) is 10. The van der Waals surface area contributed by atoms with Crippen molar-refractivity contribution < 1.29 is 18.9 Å². The molecule has 0 aliphatic carbocycles. The van der Waals surface area contributed by atoms with Gasteiger partial charge < -0.3 is 15.2 Å². The van der Waals surface area contributed by atoms with Crippen molar-refractivity contribution in [2.24, 2.45) is 5.10 Å². The number of carbonyl (C=O) groups excluding carboxylic acids is 1. The van der Waals surface area contributed by atoms with Crippen LogP contribution in [0.2, 0.25) is 0 Å². The van der Waals surface area contributed by atoms with Crippen LogP contribution in [0.15, 0.2) is 94.7 Å². The van der Waals surface area contributed by atoms with E-state index in [9.17, 15) is 4.79 Å². The number of nitrogens with zero attached hydrogens (tertiary/aromatic N) is 6. The van der Waals surface area contributed by atoms with Gasteiger partial charge in [0.2, 0.25) is 11.6 Å². The smallest absolute Gasteiger partial charge is 0.293 e. The highest BCUT2D eigenvalue weighted by Gasteiger charge is 2.24. The molecule has 5 aromatic rings. The zero-order chi connectivity index (χ0) is 26.2. The summed E-state index contributed by atoms with van der Waals surface area (Å²) < 4.78 is 17.5. The quantitative estimate of drug-likeness (QED) is 0.213. The van der Waals surface area contributed by atoms with Crippen molar-refractivity contribution in [3.63, 3.8) is 0 Å². The summed E-state index contributed by atoms with van der Waals surface area (Å²) in [6.45, 7) is 0.414. The van der Waals surface area contributed by atoms with E-state index in [0.717, 1.165) is 16.9 Å². The summed E-state index contributed by atoms with van der Waals surface area (Å²) in [6.07, 6.45) is 1.50. The number of ether oxygens (including phenoxy) is 2. The second kappa shape index (κ2) is 11.5. The number of nitrogen functional groups attached to an aromatic ring is 1. The van der Waals surface area contributed by atoms with Crippen molar-refractivity contribution in [1.29, 1.82) is 0 Å². The Hall–Kier alpha value is -5.52. The predicted molar refractivity (Wildman–Crippen MR) is 137 cm³/mol. The van der Waals surface area contributed by atoms with Crippen LogP contribution in [0.25, 0.3) is 5.82 Å². The van der Waals surface area contributed by atoms with Gasteiger partial charge in [-0.3, -0.25) is 4.79 Å². The van der Waals surface area contributed by atoms with Crippen LogP contribution in [0.3, 0.4) is 0 Å². The molecule has 0 atom stereocenters. The van der Waals surface area contributed by atoms with E-state index >= 15 is 0 Å². The molecule has 38 heavy (non-hydrogen) atoms. The van der Waals surface area contributed by atoms with Gasteiger partial charge in [0, 0.05) is 0 Å². The van der Waals surface area contributed by atoms with Crippen LogP contribution >= 0.6 is 0 Å². The van der Waals surface area contributed by atoms with Crippen LogP contribution in [-0.4, -0.2) is 37.4 Å². The van der Waals surface area contributed by atoms with Crippen LogP contribution in [0.4, 0.5) is 5.82 Å². The number of nitrogens with one attached hydrogen (secondary N) is 1. The summed E-state index contributed by atoms with van der Waals surface area (Å²) in [6, 6.07) is 26.3. The highest BCUT2D eigenvalue weighted by molar-refractivity contribution is 5.94. The molecule has 3 aromatic carbocycles. The summed E-state index contributed by atoms with van der Waals surface area (Å²) in [5.41, 5.74) is 10.4. The average molecular weight is 511 g/mol. The van der Waals surface area contributed by atoms with Gasteiger partial charge in [0.1, 0.15) is 30.4 Å². The van der Waals surface area contributed by atoms with Crippen LogP contribution in [0.5, 0.6) is 11.5 Å². The van der Waals surface area contributed by atoms with E-state index in [2.05, 4.69) is 35.8 Å². The fraction of sp³-hybridized carbons (Fsp3) is 0.0769. The van der Waals surface area contributed by atoms with Crippen molar-refractivity contribution >= 4 is 17.9 Å². The fourth-order valence-corrected chi connectivity index (χ4v) is 3.39. The number of hydrazone groups is 1. The van der Waals surface area contributed by atoms with Crippen LogP contribution in [-0.2, 0) is 13.2 Å². The van der Waals surface area contributed by atoms with Crippen molar-refractivity contribution in [3.05, 3.63) is 107 Å². The minimum atomic E-state index is -0.600. The summed E-state index contributed by atoms with van der Waals surface area (Å²) in [5, 5.41) is 19.3. The number of rotatable bonds is 10. The average Bonchev–Trinajstić information content (AvgIpc) is 3.58. The normalized spacial score (nSPS) is 10.9. The number of amides is 1. The lowest BCUT2D eigenvalue weighted by Crippen LogP contribution is -2.21. The van der Waals surface area contributed by atoms with Gasteiger partial charge in [0.05, 0.1) is 6.21 Å². The Balaban J connectivity index is 1.25. The molecule has 3 N–H and O–H groups in total. The van der Waals surface area contributed by atoms with E-state index in [1.165, 1.54) is 10.9 Å². The third-order valence-corrected chi connectivity index (χ3v) is 5.30. The first kappa shape index (κ1) is 24.2. The molecule has 0 saturated carbocycles. The summed E-state index contributed by atoms with van der Waals surface area (Å²) in [5.74, 6) is 0.777. The van der Waals surface area contributed by atoms with E-state index in [1.807, 2.05) is 72.8 Å². The zero-order valence-electron chi connectivity index (χ0n) is 20.0. The standard InChI is InChI=1S/C26H22N8O4/c27-24-25(32-38-31-24)34-22(17-37-20-9-5-2-6-10-20)23(29-33-34)26(35)30-28-15-18-11-13-21(14-12-18)36-16-19-7-3-1-4-8-19/h1-15H,16-17H2,(H2,27,31)(H,30,35)/b28-15-. The van der Waals surface area contributed by atoms with E-state index in [1.54, 1.807) is 12.1 Å². The highest BCUT2D eigenvalue weighted by Crippen LogP contribution is 2.19. The lowest BCUT2D eigenvalue weighted by atomic mass is 10.2. The third kappa shape index (κ3) is 5.82. The predicted octanol–water partition coefficient (Wildman–Crippen LogP) is 3.15. The number of anilines is 1. The van der Waals surface area contributed by atoms with E-state index in [4.69, 9.17) is 15.2 Å². The Morgan fingerprint density at radius 2 is 1.61 bits per heavy atom. The van der Waals surface area contributed by atoms with Gasteiger partial charge in [-0.25, -0.2) is 10.1 Å². The molecule has 2 heterocycles. The molecule has 5 rings (SSSR count). The largest absolute Gasteiger partial charge is 0.489 e. The Kier molecular flexibility index (Phi) is 7.30. The minimum Gasteiger partial charge on any atom is -0.489 e. The maximum atomic E-state index is 12.9. The number of para-hydroxylation sites is 1. The molecule has 2 aromatic heterocycles. The minimum absolute atomic E-state index is 0.0166. The van der Waals surface area contributed by atoms with Gasteiger partial charge in [-0.2, -0.15) is 9.78 Å². The fourth-order valence-electron chi connectivity index (χ4n) is 3.39. The lowest BCUT2D eigenvalue weighted by molar-refractivity contribution is 0.0947. The summed E-state index contributed by atoms with van der Waals surface area (Å²) in [7, 11) is 0. The van der Waals surface area contributed by atoms with Crippen LogP contribution in [0, 0.1) is 0 Å². The van der Waals surface area contributed by atoms with Gasteiger partial charge in [-0.15, -0.1) is 5.10 Å². The Morgan fingerprint density at radius 3 is 2.32 bits per heavy atom. The molecule has 0 fully saturated rings. The van der Waals surface area contributed by atoms with Crippen molar-refractivity contribution in [2.45, 2.75) is 13.2 Å². The van der Waals surface area contributed by atoms with Crippen LogP contribution in [0.1, 0.15) is 27.3 Å². The molecule has 12 heteroatoms. The Bertz CT molecular complexity index is 1520. The van der Waals surface area contributed by atoms with Gasteiger partial charge >= 0.3 is 0 Å². The molecule has 0 saturated heterocycles. The molecule has 1 amide bonds. The number of nitrogens with two attached hydrogens (primary N) is 1. The molecule has 0 bridgehead atoms. The molecule has 0 radical (unpaired) electrons. The van der Waals surface area contributed by atoms with Gasteiger partial charge in [0.25, 0.3) is 5.91 Å². The molecular weight excluding hydrogens is 488 g/mol. The summed E-state index contributed by atoms with van der Waals surface area (Å²) in [4.78, 5) is 12.9. The maximum absolute atomic E-state index is 12.9. The van der Waals surface area contributed by atoms with E-state index in [0.29, 0.717) is 12.4 Å². The maximum Gasteiger partial charge on any atom is 0.293 e. The van der Waals surface area contributed by atoms with E-state index in [-0.39, 0.29) is 29.6 Å².